The molecule has 33 heavy (non-hydrogen) atoms. The van der Waals surface area contributed by atoms with Crippen LogP contribution < -0.4 is 4.74 Å². The predicted octanol–water partition coefficient (Wildman–Crippen LogP) is 2.73. The zero-order valence-corrected chi connectivity index (χ0v) is 19.2. The maximum atomic E-state index is 12.4. The normalized spacial score (nSPS) is 11.6. The molecule has 3 rings (SSSR count). The van der Waals surface area contributed by atoms with E-state index in [1.54, 1.807) is 12.1 Å². The summed E-state index contributed by atoms with van der Waals surface area (Å²) in [7, 11) is -0.718. The number of aryl methyl sites for hydroxylation is 1. The number of hydrogen-bond acceptors (Lipinski definition) is 8. The highest BCUT2D eigenvalue weighted by molar-refractivity contribution is 7.89. The highest BCUT2D eigenvalue weighted by Crippen LogP contribution is 2.26. The molecule has 0 aliphatic carbocycles. The summed E-state index contributed by atoms with van der Waals surface area (Å²) in [4.78, 5) is 27.2. The lowest BCUT2D eigenvalue weighted by atomic mass is 10.3. The lowest BCUT2D eigenvalue weighted by molar-refractivity contribution is -0.385. The van der Waals surface area contributed by atoms with E-state index < -0.39 is 27.5 Å². The number of esters is 1. The average Bonchev–Trinajstić information content (AvgIpc) is 3.13. The molecule has 0 amide bonds. The van der Waals surface area contributed by atoms with Gasteiger partial charge in [-0.05, 0) is 30.7 Å². The van der Waals surface area contributed by atoms with Gasteiger partial charge < -0.3 is 14.0 Å². The van der Waals surface area contributed by atoms with Gasteiger partial charge in [0.25, 0.3) is 0 Å². The maximum absolute atomic E-state index is 12.4. The Morgan fingerprint density at radius 3 is 2.61 bits per heavy atom. The lowest BCUT2D eigenvalue weighted by Crippen LogP contribution is -2.22. The molecule has 0 unspecified atom stereocenters. The molecular weight excluding hydrogens is 452 g/mol. The summed E-state index contributed by atoms with van der Waals surface area (Å²) in [5, 5.41) is 11.0. The van der Waals surface area contributed by atoms with Crippen molar-refractivity contribution < 1.29 is 27.6 Å². The van der Waals surface area contributed by atoms with E-state index in [-0.39, 0.29) is 22.9 Å². The highest BCUT2D eigenvalue weighted by Gasteiger charge is 2.20. The fraction of sp³-hybridized carbons (Fsp3) is 0.333. The SMILES string of the molecule is CCCn1c(COC(=O)COc2ccccc2[N+](=O)[O-])nc2cc(S(=O)(=O)N(C)C)ccc21. The van der Waals surface area contributed by atoms with Gasteiger partial charge in [0.15, 0.2) is 12.4 Å². The van der Waals surface area contributed by atoms with Crippen LogP contribution in [0.4, 0.5) is 5.69 Å². The second-order valence-electron chi connectivity index (χ2n) is 7.29. The molecule has 0 radical (unpaired) electrons. The van der Waals surface area contributed by atoms with Crippen LogP contribution in [0.25, 0.3) is 11.0 Å². The number of nitro groups is 1. The van der Waals surface area contributed by atoms with Crippen LogP contribution in [0.3, 0.4) is 0 Å². The number of sulfonamides is 1. The molecule has 3 aromatic rings. The van der Waals surface area contributed by atoms with Gasteiger partial charge in [0.05, 0.1) is 20.9 Å². The van der Waals surface area contributed by atoms with Crippen LogP contribution in [0.5, 0.6) is 5.75 Å². The van der Waals surface area contributed by atoms with Gasteiger partial charge in [-0.15, -0.1) is 0 Å². The van der Waals surface area contributed by atoms with Crippen molar-refractivity contribution >= 4 is 32.7 Å². The van der Waals surface area contributed by atoms with Crippen LogP contribution in [-0.4, -0.2) is 53.9 Å². The van der Waals surface area contributed by atoms with E-state index in [2.05, 4.69) is 4.98 Å². The molecule has 0 fully saturated rings. The second kappa shape index (κ2) is 9.96. The van der Waals surface area contributed by atoms with Gasteiger partial charge in [-0.25, -0.2) is 22.5 Å². The van der Waals surface area contributed by atoms with E-state index in [1.807, 2.05) is 11.5 Å². The van der Waals surface area contributed by atoms with Crippen molar-refractivity contribution in [2.75, 3.05) is 20.7 Å². The molecule has 0 bridgehead atoms. The number of rotatable bonds is 10. The fourth-order valence-electron chi connectivity index (χ4n) is 3.17. The summed E-state index contributed by atoms with van der Waals surface area (Å²) in [5.74, 6) is -0.309. The third kappa shape index (κ3) is 5.29. The Bertz CT molecular complexity index is 1290. The van der Waals surface area contributed by atoms with Crippen LogP contribution in [-0.2, 0) is 32.7 Å². The molecular formula is C21H24N4O7S. The average molecular weight is 477 g/mol. The minimum absolute atomic E-state index is 0.0349. The minimum atomic E-state index is -3.62. The van der Waals surface area contributed by atoms with E-state index in [1.165, 1.54) is 44.4 Å². The summed E-state index contributed by atoms with van der Waals surface area (Å²) in [6.07, 6.45) is 0.783. The van der Waals surface area contributed by atoms with Crippen LogP contribution in [0, 0.1) is 10.1 Å². The topological polar surface area (TPSA) is 134 Å². The Hall–Kier alpha value is -3.51. The first-order chi connectivity index (χ1) is 15.6. The molecule has 12 heteroatoms. The molecule has 176 valence electrons. The van der Waals surface area contributed by atoms with Crippen LogP contribution in [0.1, 0.15) is 19.2 Å². The largest absolute Gasteiger partial charge is 0.475 e. The van der Waals surface area contributed by atoms with Gasteiger partial charge in [-0.3, -0.25) is 10.1 Å². The summed E-state index contributed by atoms with van der Waals surface area (Å²) in [6, 6.07) is 10.4. The number of nitrogens with zero attached hydrogens (tertiary/aromatic N) is 4. The number of carbonyl (C=O) groups is 1. The molecule has 0 aliphatic heterocycles. The smallest absolute Gasteiger partial charge is 0.344 e. The number of nitro benzene ring substituents is 1. The van der Waals surface area contributed by atoms with Crippen molar-refractivity contribution in [1.29, 1.82) is 0 Å². The predicted molar refractivity (Wildman–Crippen MR) is 119 cm³/mol. The number of hydrogen-bond donors (Lipinski definition) is 0. The number of fused-ring (bicyclic) bond motifs is 1. The van der Waals surface area contributed by atoms with Gasteiger partial charge in [-0.1, -0.05) is 19.1 Å². The number of aromatic nitrogens is 2. The van der Waals surface area contributed by atoms with Gasteiger partial charge in [0.2, 0.25) is 10.0 Å². The minimum Gasteiger partial charge on any atom is -0.475 e. The first-order valence-electron chi connectivity index (χ1n) is 10.1. The van der Waals surface area contributed by atoms with Gasteiger partial charge in [0.1, 0.15) is 12.4 Å². The van der Waals surface area contributed by atoms with Crippen molar-refractivity contribution in [3.05, 3.63) is 58.4 Å². The molecule has 11 nitrogen and oxygen atoms in total. The summed E-state index contributed by atoms with van der Waals surface area (Å²) in [5.41, 5.74) is 0.934. The number of imidazole rings is 1. The quantitative estimate of drug-likeness (QED) is 0.248. The third-order valence-corrected chi connectivity index (χ3v) is 6.61. The van der Waals surface area contributed by atoms with E-state index in [0.29, 0.717) is 17.9 Å². The van der Waals surface area contributed by atoms with Crippen molar-refractivity contribution in [3.8, 4) is 5.75 Å². The molecule has 1 aromatic heterocycles. The van der Waals surface area contributed by atoms with Crippen LogP contribution in [0.15, 0.2) is 47.4 Å². The lowest BCUT2D eigenvalue weighted by Gasteiger charge is -2.11. The molecule has 0 aliphatic rings. The first-order valence-corrected chi connectivity index (χ1v) is 11.5. The molecule has 0 saturated carbocycles. The van der Waals surface area contributed by atoms with Crippen molar-refractivity contribution in [2.24, 2.45) is 0 Å². The Kier molecular flexibility index (Phi) is 7.29. The molecule has 0 atom stereocenters. The van der Waals surface area contributed by atoms with Gasteiger partial charge in [0, 0.05) is 26.7 Å². The van der Waals surface area contributed by atoms with Gasteiger partial charge in [-0.2, -0.15) is 0 Å². The molecule has 1 heterocycles. The second-order valence-corrected chi connectivity index (χ2v) is 9.44. The number of carbonyl (C=O) groups excluding carboxylic acids is 1. The highest BCUT2D eigenvalue weighted by atomic mass is 32.2. The van der Waals surface area contributed by atoms with Crippen LogP contribution in [0.2, 0.25) is 0 Å². The molecule has 0 N–H and O–H groups in total. The monoisotopic (exact) mass is 476 g/mol. The van der Waals surface area contributed by atoms with Crippen molar-refractivity contribution in [1.82, 2.24) is 13.9 Å². The standard InChI is InChI=1S/C21H24N4O7S/c1-4-11-24-17-10-9-15(33(29,30)23(2)3)12-16(17)22-20(24)13-32-21(26)14-31-19-8-6-5-7-18(19)25(27)28/h5-10,12H,4,11,13-14H2,1-3H3. The number of para-hydroxylation sites is 2. The van der Waals surface area contributed by atoms with Crippen molar-refractivity contribution in [3.63, 3.8) is 0 Å². The Labute approximate surface area is 190 Å². The van der Waals surface area contributed by atoms with E-state index >= 15 is 0 Å². The Morgan fingerprint density at radius 1 is 1.21 bits per heavy atom. The van der Waals surface area contributed by atoms with Gasteiger partial charge >= 0.3 is 11.7 Å². The zero-order valence-electron chi connectivity index (χ0n) is 18.4. The molecule has 0 saturated heterocycles. The zero-order chi connectivity index (χ0) is 24.2. The Balaban J connectivity index is 1.76. The van der Waals surface area contributed by atoms with Crippen LogP contribution >= 0.6 is 0 Å². The summed E-state index contributed by atoms with van der Waals surface area (Å²) < 4.78 is 38.3. The van der Waals surface area contributed by atoms with E-state index in [4.69, 9.17) is 9.47 Å². The summed E-state index contributed by atoms with van der Waals surface area (Å²) >= 11 is 0. The third-order valence-electron chi connectivity index (χ3n) is 4.79. The first kappa shape index (κ1) is 24.1. The number of benzene rings is 2. The summed E-state index contributed by atoms with van der Waals surface area (Å²) in [6.45, 7) is 1.90. The molecule has 0 spiro atoms. The van der Waals surface area contributed by atoms with E-state index in [0.717, 1.165) is 16.2 Å². The number of ether oxygens (including phenoxy) is 2. The van der Waals surface area contributed by atoms with E-state index in [9.17, 15) is 23.3 Å². The fourth-order valence-corrected chi connectivity index (χ4v) is 4.09. The maximum Gasteiger partial charge on any atom is 0.344 e. The Morgan fingerprint density at radius 2 is 1.94 bits per heavy atom. The molecule has 2 aromatic carbocycles. The van der Waals surface area contributed by atoms with Crippen molar-refractivity contribution in [2.45, 2.75) is 31.4 Å².